The summed E-state index contributed by atoms with van der Waals surface area (Å²) in [5, 5.41) is 7.20. The lowest BCUT2D eigenvalue weighted by atomic mass is 9.97. The van der Waals surface area contributed by atoms with Crippen LogP contribution in [-0.4, -0.2) is 11.0 Å². The number of aromatic nitrogens is 1. The number of nitrogens with zero attached hydrogens (tertiary/aromatic N) is 1. The molecule has 2 aliphatic rings. The van der Waals surface area contributed by atoms with Crippen molar-refractivity contribution in [2.75, 3.05) is 0 Å². The molecular formula is C17H20N2S. The van der Waals surface area contributed by atoms with E-state index in [2.05, 4.69) is 41.9 Å². The molecule has 4 rings (SSSR count). The highest BCUT2D eigenvalue weighted by Crippen LogP contribution is 2.44. The maximum absolute atomic E-state index is 4.75. The molecule has 1 aromatic heterocycles. The normalized spacial score (nSPS) is 20.1. The standard InChI is InChI=1S/C17H20N2S/c1-11-10-20-17(18-11)16(19-13-8-9-13)15-5-3-2-4-14(15)12-6-7-12/h2-5,10,12-13,16,19H,6-9H2,1H3. The molecule has 0 amide bonds. The third-order valence-corrected chi connectivity index (χ3v) is 5.22. The minimum Gasteiger partial charge on any atom is -0.301 e. The van der Waals surface area contributed by atoms with E-state index in [0.29, 0.717) is 6.04 Å². The van der Waals surface area contributed by atoms with Gasteiger partial charge in [0.15, 0.2) is 0 Å². The van der Waals surface area contributed by atoms with Crippen molar-refractivity contribution in [2.24, 2.45) is 0 Å². The highest BCUT2D eigenvalue weighted by molar-refractivity contribution is 7.09. The molecule has 2 fully saturated rings. The van der Waals surface area contributed by atoms with Gasteiger partial charge >= 0.3 is 0 Å². The first-order valence-electron chi connectivity index (χ1n) is 7.58. The van der Waals surface area contributed by atoms with Crippen LogP contribution in [0, 0.1) is 6.92 Å². The van der Waals surface area contributed by atoms with E-state index in [-0.39, 0.29) is 6.04 Å². The molecule has 2 nitrogen and oxygen atoms in total. The second-order valence-electron chi connectivity index (χ2n) is 6.10. The van der Waals surface area contributed by atoms with Crippen molar-refractivity contribution in [3.05, 3.63) is 51.5 Å². The molecule has 0 saturated heterocycles. The van der Waals surface area contributed by atoms with Gasteiger partial charge < -0.3 is 5.32 Å². The Morgan fingerprint density at radius 2 is 2.00 bits per heavy atom. The Hall–Kier alpha value is -1.19. The van der Waals surface area contributed by atoms with Gasteiger partial charge in [-0.15, -0.1) is 11.3 Å². The minimum absolute atomic E-state index is 0.290. The molecule has 1 heterocycles. The Morgan fingerprint density at radius 3 is 2.65 bits per heavy atom. The van der Waals surface area contributed by atoms with Crippen LogP contribution < -0.4 is 5.32 Å². The predicted octanol–water partition coefficient (Wildman–Crippen LogP) is 4.17. The fraction of sp³-hybridized carbons (Fsp3) is 0.471. The number of hydrogen-bond donors (Lipinski definition) is 1. The number of nitrogens with one attached hydrogen (secondary N) is 1. The molecule has 1 unspecified atom stereocenters. The van der Waals surface area contributed by atoms with Gasteiger partial charge in [-0.2, -0.15) is 0 Å². The summed E-state index contributed by atoms with van der Waals surface area (Å²) in [6, 6.07) is 9.94. The van der Waals surface area contributed by atoms with Crippen LogP contribution in [0.15, 0.2) is 29.6 Å². The average Bonchev–Trinajstić information content (AvgIpc) is 3.37. The van der Waals surface area contributed by atoms with Crippen LogP contribution in [-0.2, 0) is 0 Å². The minimum atomic E-state index is 0.290. The van der Waals surface area contributed by atoms with Gasteiger partial charge in [0.25, 0.3) is 0 Å². The molecule has 104 valence electrons. The number of rotatable bonds is 5. The molecule has 0 radical (unpaired) electrons. The molecule has 1 atom stereocenters. The quantitative estimate of drug-likeness (QED) is 0.891. The van der Waals surface area contributed by atoms with Gasteiger partial charge in [-0.1, -0.05) is 24.3 Å². The molecule has 20 heavy (non-hydrogen) atoms. The zero-order valence-corrected chi connectivity index (χ0v) is 12.6. The van der Waals surface area contributed by atoms with Crippen molar-refractivity contribution in [1.29, 1.82) is 0 Å². The van der Waals surface area contributed by atoms with Gasteiger partial charge in [-0.3, -0.25) is 0 Å². The summed E-state index contributed by atoms with van der Waals surface area (Å²) < 4.78 is 0. The van der Waals surface area contributed by atoms with Gasteiger partial charge in [0.1, 0.15) is 5.01 Å². The average molecular weight is 284 g/mol. The molecule has 3 heteroatoms. The summed E-state index contributed by atoms with van der Waals surface area (Å²) in [5.41, 5.74) is 4.13. The Balaban J connectivity index is 1.73. The maximum atomic E-state index is 4.75. The van der Waals surface area contributed by atoms with E-state index in [1.54, 1.807) is 16.9 Å². The smallest absolute Gasteiger partial charge is 0.114 e. The SMILES string of the molecule is Cc1csc(C(NC2CC2)c2ccccc2C2CC2)n1. The first-order valence-corrected chi connectivity index (χ1v) is 8.46. The molecule has 0 aliphatic heterocycles. The number of thiazole rings is 1. The zero-order valence-electron chi connectivity index (χ0n) is 11.8. The van der Waals surface area contributed by atoms with Gasteiger partial charge in [-0.25, -0.2) is 4.98 Å². The monoisotopic (exact) mass is 284 g/mol. The van der Waals surface area contributed by atoms with E-state index in [9.17, 15) is 0 Å². The highest BCUT2D eigenvalue weighted by atomic mass is 32.1. The van der Waals surface area contributed by atoms with Crippen molar-refractivity contribution in [3.63, 3.8) is 0 Å². The van der Waals surface area contributed by atoms with E-state index in [4.69, 9.17) is 4.98 Å². The first-order chi connectivity index (χ1) is 9.81. The van der Waals surface area contributed by atoms with Crippen molar-refractivity contribution in [3.8, 4) is 0 Å². The summed E-state index contributed by atoms with van der Waals surface area (Å²) in [4.78, 5) is 4.75. The lowest BCUT2D eigenvalue weighted by Crippen LogP contribution is -2.25. The van der Waals surface area contributed by atoms with Gasteiger partial charge in [0.2, 0.25) is 0 Å². The Bertz CT molecular complexity index is 611. The summed E-state index contributed by atoms with van der Waals surface area (Å²) in [5.74, 6) is 0.788. The lowest BCUT2D eigenvalue weighted by Gasteiger charge is -2.20. The fourth-order valence-corrected chi connectivity index (χ4v) is 3.70. The van der Waals surface area contributed by atoms with Crippen LogP contribution in [0.25, 0.3) is 0 Å². The van der Waals surface area contributed by atoms with E-state index >= 15 is 0 Å². The maximum Gasteiger partial charge on any atom is 0.114 e. The molecule has 0 bridgehead atoms. The number of aryl methyl sites for hydroxylation is 1. The van der Waals surface area contributed by atoms with Crippen LogP contribution in [0.3, 0.4) is 0 Å². The van der Waals surface area contributed by atoms with E-state index in [1.807, 2.05) is 0 Å². The van der Waals surface area contributed by atoms with E-state index in [1.165, 1.54) is 36.3 Å². The third-order valence-electron chi connectivity index (χ3n) is 4.19. The van der Waals surface area contributed by atoms with Crippen molar-refractivity contribution in [2.45, 2.75) is 50.6 Å². The first kappa shape index (κ1) is 12.5. The van der Waals surface area contributed by atoms with Gasteiger partial charge in [0, 0.05) is 17.1 Å². The summed E-state index contributed by atoms with van der Waals surface area (Å²) in [6.45, 7) is 2.08. The number of benzene rings is 1. The topological polar surface area (TPSA) is 24.9 Å². The lowest BCUT2D eigenvalue weighted by molar-refractivity contribution is 0.593. The Morgan fingerprint density at radius 1 is 1.20 bits per heavy atom. The van der Waals surface area contributed by atoms with Crippen LogP contribution in [0.1, 0.15) is 59.5 Å². The second kappa shape index (κ2) is 4.97. The van der Waals surface area contributed by atoms with E-state index in [0.717, 1.165) is 11.6 Å². The van der Waals surface area contributed by atoms with Crippen molar-refractivity contribution >= 4 is 11.3 Å². The summed E-state index contributed by atoms with van der Waals surface area (Å²) in [6.07, 6.45) is 5.33. The van der Waals surface area contributed by atoms with Crippen LogP contribution in [0.2, 0.25) is 0 Å². The molecular weight excluding hydrogens is 264 g/mol. The number of hydrogen-bond acceptors (Lipinski definition) is 3. The van der Waals surface area contributed by atoms with Crippen molar-refractivity contribution in [1.82, 2.24) is 10.3 Å². The molecule has 1 N–H and O–H groups in total. The van der Waals surface area contributed by atoms with Crippen LogP contribution in [0.4, 0.5) is 0 Å². The fourth-order valence-electron chi connectivity index (χ4n) is 2.82. The predicted molar refractivity (Wildman–Crippen MR) is 83.3 cm³/mol. The largest absolute Gasteiger partial charge is 0.301 e. The second-order valence-corrected chi connectivity index (χ2v) is 6.99. The molecule has 0 spiro atoms. The van der Waals surface area contributed by atoms with Crippen molar-refractivity contribution < 1.29 is 0 Å². The Labute approximate surface area is 124 Å². The Kier molecular flexibility index (Phi) is 3.12. The molecule has 2 aliphatic carbocycles. The van der Waals surface area contributed by atoms with Crippen LogP contribution >= 0.6 is 11.3 Å². The van der Waals surface area contributed by atoms with Crippen LogP contribution in [0.5, 0.6) is 0 Å². The highest BCUT2D eigenvalue weighted by Gasteiger charge is 2.32. The van der Waals surface area contributed by atoms with E-state index < -0.39 is 0 Å². The zero-order chi connectivity index (χ0) is 13.5. The molecule has 1 aromatic carbocycles. The van der Waals surface area contributed by atoms with Gasteiger partial charge in [-0.05, 0) is 49.7 Å². The van der Waals surface area contributed by atoms with Gasteiger partial charge in [0.05, 0.1) is 6.04 Å². The molecule has 2 saturated carbocycles. The summed E-state index contributed by atoms with van der Waals surface area (Å²) in [7, 11) is 0. The third kappa shape index (κ3) is 2.52. The summed E-state index contributed by atoms with van der Waals surface area (Å²) >= 11 is 1.79. The molecule has 2 aromatic rings.